The molecule has 5 atom stereocenters. The lowest BCUT2D eigenvalue weighted by molar-refractivity contribution is -0.296. The Kier molecular flexibility index (Phi) is 6.29. The summed E-state index contributed by atoms with van der Waals surface area (Å²) in [6.07, 6.45) is -4.22. The first-order valence-electron chi connectivity index (χ1n) is 5.31. The van der Waals surface area contributed by atoms with E-state index in [0.717, 1.165) is 6.92 Å². The van der Waals surface area contributed by atoms with Crippen LogP contribution in [0.5, 0.6) is 0 Å². The van der Waals surface area contributed by atoms with Crippen LogP contribution in [0.1, 0.15) is 6.92 Å². The molecule has 10 nitrogen and oxygen atoms in total. The van der Waals surface area contributed by atoms with Crippen molar-refractivity contribution in [2.75, 3.05) is 6.61 Å². The highest BCUT2D eigenvalue weighted by Crippen LogP contribution is 2.27. The van der Waals surface area contributed by atoms with Crippen LogP contribution in [0.3, 0.4) is 0 Å². The summed E-state index contributed by atoms with van der Waals surface area (Å²) in [6, 6.07) is -1.45. The van der Waals surface area contributed by atoms with Crippen molar-refractivity contribution in [3.8, 4) is 0 Å². The van der Waals surface area contributed by atoms with Crippen LogP contribution in [0, 0.1) is 5.41 Å². The molecule has 1 rings (SSSR count). The van der Waals surface area contributed by atoms with Crippen LogP contribution >= 0.6 is 0 Å². The van der Waals surface area contributed by atoms with Crippen molar-refractivity contribution >= 4 is 11.7 Å². The Morgan fingerprint density at radius 1 is 1.37 bits per heavy atom. The number of Topliss-reactive ketones (excluding diaryl/α,β-unsaturated/α-hetero) is 1. The third kappa shape index (κ3) is 4.09. The van der Waals surface area contributed by atoms with E-state index in [2.05, 4.69) is 11.5 Å². The van der Waals surface area contributed by atoms with Gasteiger partial charge in [0.1, 0.15) is 18.3 Å². The molecule has 0 aromatic rings. The maximum Gasteiger partial charge on any atom is 0.244 e. The van der Waals surface area contributed by atoms with Crippen LogP contribution < -0.4 is 17.2 Å². The third-order valence-electron chi connectivity index (χ3n) is 2.57. The first-order valence-corrected chi connectivity index (χ1v) is 5.31. The van der Waals surface area contributed by atoms with E-state index in [9.17, 15) is 20.1 Å². The summed E-state index contributed by atoms with van der Waals surface area (Å²) in [7, 11) is 0. The van der Waals surface area contributed by atoms with Gasteiger partial charge in [-0.2, -0.15) is 0 Å². The molecule has 1 fully saturated rings. The van der Waals surface area contributed by atoms with Crippen molar-refractivity contribution in [2.45, 2.75) is 37.1 Å². The zero-order valence-corrected chi connectivity index (χ0v) is 10.4. The Hall–Kier alpha value is -1.30. The SMILES string of the molecule is CC(=O)C1(O)O[C@H](CO)[C@@H](O)[C@H](O)[C@H]1N.N=C(N)N. The molecule has 1 saturated heterocycles. The molecule has 0 amide bonds. The van der Waals surface area contributed by atoms with Crippen molar-refractivity contribution < 1.29 is 30.0 Å². The van der Waals surface area contributed by atoms with Gasteiger partial charge in [-0.3, -0.25) is 10.2 Å². The zero-order valence-electron chi connectivity index (χ0n) is 10.4. The maximum absolute atomic E-state index is 11.1. The predicted octanol–water partition coefficient (Wildman–Crippen LogP) is -4.46. The van der Waals surface area contributed by atoms with Gasteiger partial charge in [0.2, 0.25) is 5.79 Å². The summed E-state index contributed by atoms with van der Waals surface area (Å²) >= 11 is 0. The van der Waals surface area contributed by atoms with Crippen molar-refractivity contribution in [2.24, 2.45) is 17.2 Å². The molecule has 1 heterocycles. The van der Waals surface area contributed by atoms with Crippen LogP contribution in [0.2, 0.25) is 0 Å². The van der Waals surface area contributed by atoms with E-state index < -0.39 is 42.5 Å². The summed E-state index contributed by atoms with van der Waals surface area (Å²) in [4.78, 5) is 11.1. The molecular weight excluding hydrogens is 260 g/mol. The Labute approximate surface area is 109 Å². The standard InChI is InChI=1S/C8H15NO6.CH5N3/c1-3(11)8(14)7(9)6(13)5(12)4(2-10)15-8;2-1(3)4/h4-7,10,12-14H,2,9H2,1H3;(H5,2,3,4)/t4-,5-,6+,7-,8?;/m1./s1. The molecule has 112 valence electrons. The second-order valence-corrected chi connectivity index (χ2v) is 4.05. The highest BCUT2D eigenvalue weighted by atomic mass is 16.7. The number of ether oxygens (including phenoxy) is 1. The van der Waals surface area contributed by atoms with Gasteiger partial charge in [0, 0.05) is 6.92 Å². The molecule has 0 aromatic carbocycles. The number of nitrogens with one attached hydrogen (secondary N) is 1. The predicted molar refractivity (Wildman–Crippen MR) is 63.7 cm³/mol. The van der Waals surface area contributed by atoms with Crippen LogP contribution in [0.4, 0.5) is 0 Å². The summed E-state index contributed by atoms with van der Waals surface area (Å²) < 4.78 is 4.80. The Morgan fingerprint density at radius 3 is 2.11 bits per heavy atom. The van der Waals surface area contributed by atoms with Crippen molar-refractivity contribution in [1.82, 2.24) is 0 Å². The monoisotopic (exact) mass is 280 g/mol. The van der Waals surface area contributed by atoms with Crippen LogP contribution in [0.15, 0.2) is 0 Å². The van der Waals surface area contributed by atoms with E-state index in [4.69, 9.17) is 21.0 Å². The number of nitrogens with two attached hydrogens (primary N) is 3. The average Bonchev–Trinajstić information content (AvgIpc) is 2.30. The number of aliphatic hydroxyl groups is 4. The van der Waals surface area contributed by atoms with Gasteiger partial charge in [0.15, 0.2) is 11.7 Å². The number of aliphatic hydroxyl groups excluding tert-OH is 3. The number of hydrogen-bond donors (Lipinski definition) is 8. The van der Waals surface area contributed by atoms with Gasteiger partial charge in [0.25, 0.3) is 0 Å². The molecule has 0 saturated carbocycles. The first-order chi connectivity index (χ1) is 8.57. The minimum Gasteiger partial charge on any atom is -0.394 e. The summed E-state index contributed by atoms with van der Waals surface area (Å²) in [5.41, 5.74) is 14.3. The average molecular weight is 280 g/mol. The van der Waals surface area contributed by atoms with E-state index in [0.29, 0.717) is 0 Å². The van der Waals surface area contributed by atoms with Gasteiger partial charge in [-0.05, 0) is 0 Å². The maximum atomic E-state index is 11.1. The van der Waals surface area contributed by atoms with Crippen molar-refractivity contribution in [1.29, 1.82) is 5.41 Å². The lowest BCUT2D eigenvalue weighted by atomic mass is 9.89. The summed E-state index contributed by atoms with van der Waals surface area (Å²) in [5, 5.41) is 43.4. The minimum absolute atomic E-state index is 0.333. The molecule has 0 bridgehead atoms. The van der Waals surface area contributed by atoms with Crippen LogP contribution in [0.25, 0.3) is 0 Å². The van der Waals surface area contributed by atoms with Gasteiger partial charge in [-0.15, -0.1) is 0 Å². The Bertz CT molecular complexity index is 335. The Morgan fingerprint density at radius 2 is 1.79 bits per heavy atom. The molecule has 1 aliphatic rings. The number of carbonyl (C=O) groups is 1. The molecule has 0 spiro atoms. The van der Waals surface area contributed by atoms with Crippen molar-refractivity contribution in [3.05, 3.63) is 0 Å². The van der Waals surface area contributed by atoms with E-state index in [1.54, 1.807) is 0 Å². The van der Waals surface area contributed by atoms with Gasteiger partial charge in [-0.1, -0.05) is 0 Å². The highest BCUT2D eigenvalue weighted by Gasteiger charge is 2.54. The van der Waals surface area contributed by atoms with E-state index >= 15 is 0 Å². The quantitative estimate of drug-likeness (QED) is 0.181. The highest BCUT2D eigenvalue weighted by molar-refractivity contribution is 5.84. The van der Waals surface area contributed by atoms with E-state index in [1.807, 2.05) is 0 Å². The molecule has 19 heavy (non-hydrogen) atoms. The number of ketones is 1. The van der Waals surface area contributed by atoms with Gasteiger partial charge < -0.3 is 42.4 Å². The number of hydrogen-bond acceptors (Lipinski definition) is 8. The van der Waals surface area contributed by atoms with Crippen LogP contribution in [-0.4, -0.2) is 68.9 Å². The van der Waals surface area contributed by atoms with Crippen LogP contribution in [-0.2, 0) is 9.53 Å². The largest absolute Gasteiger partial charge is 0.394 e. The number of rotatable bonds is 2. The number of carbonyl (C=O) groups excluding carboxylic acids is 1. The lowest BCUT2D eigenvalue weighted by Crippen LogP contribution is -2.70. The second-order valence-electron chi connectivity index (χ2n) is 4.05. The fourth-order valence-electron chi connectivity index (χ4n) is 1.51. The van der Waals surface area contributed by atoms with Gasteiger partial charge in [-0.25, -0.2) is 0 Å². The molecule has 10 heteroatoms. The van der Waals surface area contributed by atoms with E-state index in [-0.39, 0.29) is 5.96 Å². The summed E-state index contributed by atoms with van der Waals surface area (Å²) in [6.45, 7) is 0.402. The molecule has 0 aliphatic carbocycles. The third-order valence-corrected chi connectivity index (χ3v) is 2.57. The summed E-state index contributed by atoms with van der Waals surface area (Å²) in [5.74, 6) is -3.49. The molecule has 0 radical (unpaired) electrons. The molecule has 0 aromatic heterocycles. The fourth-order valence-corrected chi connectivity index (χ4v) is 1.51. The minimum atomic E-state index is -2.37. The second kappa shape index (κ2) is 6.75. The first kappa shape index (κ1) is 17.7. The number of guanidine groups is 1. The normalized spacial score (nSPS) is 38.0. The lowest BCUT2D eigenvalue weighted by Gasteiger charge is -2.44. The topological polar surface area (TPSA) is 209 Å². The van der Waals surface area contributed by atoms with Gasteiger partial charge >= 0.3 is 0 Å². The van der Waals surface area contributed by atoms with Crippen molar-refractivity contribution in [3.63, 3.8) is 0 Å². The van der Waals surface area contributed by atoms with E-state index in [1.165, 1.54) is 0 Å². The molecule has 1 aliphatic heterocycles. The van der Waals surface area contributed by atoms with Gasteiger partial charge in [0.05, 0.1) is 12.6 Å². The molecule has 1 unspecified atom stereocenters. The smallest absolute Gasteiger partial charge is 0.244 e. The molecular formula is C9H20N4O6. The molecule has 11 N–H and O–H groups in total. The fraction of sp³-hybridized carbons (Fsp3) is 0.778. The zero-order chi connectivity index (χ0) is 15.4. The Balaban J connectivity index is 0.000000711.